The van der Waals surface area contributed by atoms with Gasteiger partial charge in [0.2, 0.25) is 5.91 Å². The van der Waals surface area contributed by atoms with Crippen molar-refractivity contribution in [3.05, 3.63) is 0 Å². The van der Waals surface area contributed by atoms with Crippen molar-refractivity contribution in [2.24, 2.45) is 5.92 Å². The largest absolute Gasteiger partial charge is 0.502 e. The molecule has 1 fully saturated rings. The van der Waals surface area contributed by atoms with Crippen LogP contribution in [0.5, 0.6) is 0 Å². The van der Waals surface area contributed by atoms with E-state index < -0.39 is 0 Å². The van der Waals surface area contributed by atoms with Gasteiger partial charge in [-0.3, -0.25) is 4.79 Å². The van der Waals surface area contributed by atoms with E-state index in [1.54, 1.807) is 6.92 Å². The van der Waals surface area contributed by atoms with Crippen molar-refractivity contribution < 1.29 is 9.90 Å². The molecule has 1 rings (SSSR count). The predicted octanol–water partition coefficient (Wildman–Crippen LogP) is 1.52. The van der Waals surface area contributed by atoms with Crippen LogP contribution in [0.25, 0.3) is 0 Å². The van der Waals surface area contributed by atoms with Gasteiger partial charge in [-0.25, -0.2) is 0 Å². The Balaban J connectivity index is 2.35. The van der Waals surface area contributed by atoms with E-state index in [-0.39, 0.29) is 16.9 Å². The molecule has 0 aromatic rings. The smallest absolute Gasteiger partial charge is 0.223 e. The number of thiocarbonyl (C=S) groups is 1. The maximum absolute atomic E-state index is 11.5. The van der Waals surface area contributed by atoms with Crippen LogP contribution < -0.4 is 0 Å². The Labute approximate surface area is 83.7 Å². The third kappa shape index (κ3) is 2.95. The molecule has 0 aliphatic carbocycles. The highest BCUT2D eigenvalue weighted by molar-refractivity contribution is 7.80. The molecule has 0 aromatic carbocycles. The summed E-state index contributed by atoms with van der Waals surface area (Å²) in [5.41, 5.74) is 0. The van der Waals surface area contributed by atoms with Crippen molar-refractivity contribution in [2.45, 2.75) is 26.2 Å². The van der Waals surface area contributed by atoms with Crippen molar-refractivity contribution in [1.29, 1.82) is 0 Å². The van der Waals surface area contributed by atoms with Crippen molar-refractivity contribution in [3.63, 3.8) is 0 Å². The Morgan fingerprint density at radius 3 is 2.54 bits per heavy atom. The SMILES string of the molecule is CC(CC(=O)N1CCCC1)C(O)=S. The quantitative estimate of drug-likeness (QED) is 0.704. The Bertz CT molecular complexity index is 212. The monoisotopic (exact) mass is 201 g/mol. The molecular weight excluding hydrogens is 186 g/mol. The van der Waals surface area contributed by atoms with Gasteiger partial charge in [-0.15, -0.1) is 0 Å². The minimum atomic E-state index is -0.192. The van der Waals surface area contributed by atoms with Gasteiger partial charge in [0.1, 0.15) is 0 Å². The first-order valence-corrected chi connectivity index (χ1v) is 5.02. The number of rotatable bonds is 3. The third-order valence-electron chi connectivity index (χ3n) is 2.36. The fraction of sp³-hybridized carbons (Fsp3) is 0.778. The fourth-order valence-electron chi connectivity index (χ4n) is 1.44. The van der Waals surface area contributed by atoms with E-state index in [9.17, 15) is 4.79 Å². The Hall–Kier alpha value is -0.640. The molecule has 1 N–H and O–H groups in total. The second kappa shape index (κ2) is 4.56. The lowest BCUT2D eigenvalue weighted by Gasteiger charge is -2.17. The molecule has 0 radical (unpaired) electrons. The maximum Gasteiger partial charge on any atom is 0.223 e. The summed E-state index contributed by atoms with van der Waals surface area (Å²) in [6.45, 7) is 3.50. The summed E-state index contributed by atoms with van der Waals surface area (Å²) in [4.78, 5) is 13.4. The standard InChI is InChI=1S/C9H15NO2S/c1-7(9(12)13)6-8(11)10-4-2-3-5-10/h7H,2-6H2,1H3,(H,12,13). The summed E-state index contributed by atoms with van der Waals surface area (Å²) in [5.74, 6) is -0.0792. The first kappa shape index (κ1) is 10.4. The van der Waals surface area contributed by atoms with E-state index in [0.717, 1.165) is 25.9 Å². The average molecular weight is 201 g/mol. The van der Waals surface area contributed by atoms with E-state index >= 15 is 0 Å². The fourth-order valence-corrected chi connectivity index (χ4v) is 1.53. The van der Waals surface area contributed by atoms with Gasteiger partial charge in [0.15, 0.2) is 5.05 Å². The van der Waals surface area contributed by atoms with Crippen LogP contribution in [-0.2, 0) is 4.79 Å². The molecule has 0 bridgehead atoms. The molecule has 1 aliphatic heterocycles. The summed E-state index contributed by atoms with van der Waals surface area (Å²) in [7, 11) is 0. The van der Waals surface area contributed by atoms with E-state index in [1.807, 2.05) is 4.90 Å². The zero-order valence-electron chi connectivity index (χ0n) is 7.82. The Morgan fingerprint density at radius 2 is 2.08 bits per heavy atom. The zero-order valence-corrected chi connectivity index (χ0v) is 8.64. The normalized spacial score (nSPS) is 18.7. The summed E-state index contributed by atoms with van der Waals surface area (Å²) in [5, 5.41) is 8.91. The van der Waals surface area contributed by atoms with Crippen LogP contribution in [-0.4, -0.2) is 34.1 Å². The van der Waals surface area contributed by atoms with E-state index in [0.29, 0.717) is 6.42 Å². The number of likely N-dealkylation sites (tertiary alicyclic amines) is 1. The molecule has 4 heteroatoms. The summed E-state index contributed by atoms with van der Waals surface area (Å²) in [6, 6.07) is 0. The number of aliphatic hydroxyl groups is 1. The van der Waals surface area contributed by atoms with Crippen LogP contribution in [0, 0.1) is 5.92 Å². The van der Waals surface area contributed by atoms with Gasteiger partial charge in [-0.05, 0) is 25.1 Å². The van der Waals surface area contributed by atoms with Crippen LogP contribution in [0.15, 0.2) is 0 Å². The van der Waals surface area contributed by atoms with Gasteiger partial charge < -0.3 is 10.0 Å². The van der Waals surface area contributed by atoms with Gasteiger partial charge in [-0.2, -0.15) is 0 Å². The van der Waals surface area contributed by atoms with Crippen molar-refractivity contribution >= 4 is 23.2 Å². The molecule has 1 unspecified atom stereocenters. The number of aliphatic hydroxyl groups excluding tert-OH is 1. The lowest BCUT2D eigenvalue weighted by Crippen LogP contribution is -2.30. The van der Waals surface area contributed by atoms with Crippen LogP contribution in [0.2, 0.25) is 0 Å². The van der Waals surface area contributed by atoms with Crippen molar-refractivity contribution in [2.75, 3.05) is 13.1 Å². The third-order valence-corrected chi connectivity index (χ3v) is 2.76. The average Bonchev–Trinajstić information content (AvgIpc) is 2.55. The first-order valence-electron chi connectivity index (χ1n) is 4.62. The van der Waals surface area contributed by atoms with Gasteiger partial charge in [0.05, 0.1) is 0 Å². The summed E-state index contributed by atoms with van der Waals surface area (Å²) in [6.07, 6.45) is 2.54. The minimum Gasteiger partial charge on any atom is -0.502 e. The topological polar surface area (TPSA) is 40.5 Å². The number of carbonyl (C=O) groups excluding carboxylic acids is 1. The Kier molecular flexibility index (Phi) is 3.66. The van der Waals surface area contributed by atoms with Crippen LogP contribution >= 0.6 is 12.2 Å². The molecule has 0 spiro atoms. The molecule has 1 aliphatic rings. The maximum atomic E-state index is 11.5. The van der Waals surface area contributed by atoms with Gasteiger partial charge in [-0.1, -0.05) is 6.92 Å². The lowest BCUT2D eigenvalue weighted by molar-refractivity contribution is -0.130. The van der Waals surface area contributed by atoms with E-state index in [4.69, 9.17) is 5.11 Å². The number of amides is 1. The molecule has 0 aromatic heterocycles. The zero-order chi connectivity index (χ0) is 9.84. The number of carbonyl (C=O) groups is 1. The summed E-state index contributed by atoms with van der Waals surface area (Å²) < 4.78 is 0. The molecule has 1 atom stereocenters. The highest BCUT2D eigenvalue weighted by atomic mass is 32.1. The Morgan fingerprint density at radius 1 is 1.54 bits per heavy atom. The van der Waals surface area contributed by atoms with Crippen molar-refractivity contribution in [1.82, 2.24) is 4.90 Å². The molecule has 1 amide bonds. The molecule has 3 nitrogen and oxygen atoms in total. The highest BCUT2D eigenvalue weighted by Gasteiger charge is 2.21. The molecule has 74 valence electrons. The number of hydrogen-bond acceptors (Lipinski definition) is 2. The van der Waals surface area contributed by atoms with Gasteiger partial charge in [0.25, 0.3) is 0 Å². The number of hydrogen-bond donors (Lipinski definition) is 1. The van der Waals surface area contributed by atoms with Gasteiger partial charge >= 0.3 is 0 Å². The van der Waals surface area contributed by atoms with Crippen molar-refractivity contribution in [3.8, 4) is 0 Å². The second-order valence-corrected chi connectivity index (χ2v) is 3.95. The molecular formula is C9H15NO2S. The van der Waals surface area contributed by atoms with E-state index in [1.165, 1.54) is 0 Å². The highest BCUT2D eigenvalue weighted by Crippen LogP contribution is 2.12. The molecule has 0 saturated carbocycles. The second-order valence-electron chi connectivity index (χ2n) is 3.53. The number of nitrogens with zero attached hydrogens (tertiary/aromatic N) is 1. The molecule has 13 heavy (non-hydrogen) atoms. The predicted molar refractivity (Wildman–Crippen MR) is 54.8 cm³/mol. The summed E-state index contributed by atoms with van der Waals surface area (Å²) >= 11 is 4.60. The first-order chi connectivity index (χ1) is 6.11. The van der Waals surface area contributed by atoms with Crippen LogP contribution in [0.3, 0.4) is 0 Å². The van der Waals surface area contributed by atoms with Crippen LogP contribution in [0.1, 0.15) is 26.2 Å². The van der Waals surface area contributed by atoms with E-state index in [2.05, 4.69) is 12.2 Å². The molecule has 1 heterocycles. The minimum absolute atomic E-state index is 0.0625. The lowest BCUT2D eigenvalue weighted by atomic mass is 10.1. The molecule has 1 saturated heterocycles. The van der Waals surface area contributed by atoms with Gasteiger partial charge in [0, 0.05) is 25.4 Å². The van der Waals surface area contributed by atoms with Crippen LogP contribution in [0.4, 0.5) is 0 Å².